The van der Waals surface area contributed by atoms with Crippen molar-refractivity contribution in [2.45, 2.75) is 28.4 Å². The summed E-state index contributed by atoms with van der Waals surface area (Å²) in [6.07, 6.45) is 4.23. The predicted molar refractivity (Wildman–Crippen MR) is 68.2 cm³/mol. The van der Waals surface area contributed by atoms with Crippen LogP contribution >= 0.6 is 43.6 Å². The summed E-state index contributed by atoms with van der Waals surface area (Å²) in [6.45, 7) is 3.91. The number of piperidine rings is 1. The number of nitrogens with one attached hydrogen (secondary N) is 1. The highest BCUT2D eigenvalue weighted by atomic mass is 79.9. The minimum Gasteiger partial charge on any atom is -0.275 e. The van der Waals surface area contributed by atoms with Gasteiger partial charge in [-0.05, 0) is 31.0 Å². The Bertz CT molecular complexity index is 199. The number of hydrogen-bond acceptors (Lipinski definition) is 1. The van der Waals surface area contributed by atoms with Gasteiger partial charge in [0.05, 0.1) is 40.8 Å². The Kier molecular flexibility index (Phi) is 4.21. The molecule has 0 unspecified atom stereocenters. The lowest BCUT2D eigenvalue weighted by atomic mass is 10.1. The van der Waals surface area contributed by atoms with Crippen LogP contribution in [0.2, 0.25) is 0 Å². The zero-order valence-corrected chi connectivity index (χ0v) is 12.3. The average molecular weight is 346 g/mol. The summed E-state index contributed by atoms with van der Waals surface area (Å²) in [4.78, 5) is 1.73. The van der Waals surface area contributed by atoms with Gasteiger partial charge in [-0.3, -0.25) is 10.2 Å². The van der Waals surface area contributed by atoms with Crippen molar-refractivity contribution < 1.29 is 10.2 Å². The maximum atomic E-state index is 3.94. The van der Waals surface area contributed by atoms with E-state index in [1.165, 1.54) is 38.9 Å². The molecule has 2 aliphatic rings. The number of likely N-dealkylation sites (tertiary alicyclic amines) is 1. The molecule has 0 saturated carbocycles. The molecule has 82 valence electrons. The molecule has 5 heteroatoms. The molecule has 0 spiro atoms. The Balaban J connectivity index is 1.94. The third kappa shape index (κ3) is 2.48. The molecule has 0 radical (unpaired) electrons. The van der Waals surface area contributed by atoms with Crippen LogP contribution in [0.25, 0.3) is 0 Å². The van der Waals surface area contributed by atoms with Gasteiger partial charge in [-0.1, -0.05) is 15.9 Å². The molecule has 0 aromatic heterocycles. The number of rotatable bonds is 2. The van der Waals surface area contributed by atoms with E-state index >= 15 is 0 Å². The van der Waals surface area contributed by atoms with Crippen LogP contribution in [-0.2, 0) is 0 Å². The van der Waals surface area contributed by atoms with Crippen LogP contribution in [0, 0.1) is 0 Å². The van der Waals surface area contributed by atoms with Crippen LogP contribution in [-0.4, -0.2) is 34.1 Å². The summed E-state index contributed by atoms with van der Waals surface area (Å²) in [5.74, 6) is 0. The topological polar surface area (TPSA) is 21.1 Å². The summed E-state index contributed by atoms with van der Waals surface area (Å²) in [5.41, 5.74) is 0. The Labute approximate surface area is 107 Å². The van der Waals surface area contributed by atoms with Crippen LogP contribution < -0.4 is 10.2 Å². The van der Waals surface area contributed by atoms with Gasteiger partial charge in [0.1, 0.15) is 0 Å². The molecule has 2 saturated heterocycles. The Morgan fingerprint density at radius 2 is 2.07 bits per heavy atom. The lowest BCUT2D eigenvalue weighted by molar-refractivity contribution is -1.03. The first-order chi connectivity index (χ1) is 6.74. The molecule has 2 aliphatic heterocycles. The Morgan fingerprint density at radius 1 is 1.36 bits per heavy atom. The van der Waals surface area contributed by atoms with Crippen LogP contribution in [0.15, 0.2) is 0 Å². The smallest absolute Gasteiger partial charge is 0.275 e. The Morgan fingerprint density at radius 3 is 2.64 bits per heavy atom. The fourth-order valence-corrected chi connectivity index (χ4v) is 5.60. The minimum atomic E-state index is 0.228. The van der Waals surface area contributed by atoms with E-state index in [9.17, 15) is 0 Å². The van der Waals surface area contributed by atoms with E-state index in [1.54, 1.807) is 4.90 Å². The molecule has 0 bridgehead atoms. The van der Waals surface area contributed by atoms with Crippen molar-refractivity contribution in [3.63, 3.8) is 0 Å². The zero-order chi connectivity index (χ0) is 10.0. The standard InChI is InChI=1S/C9H16Br2N2S/c10-6-8-7-12-9(11,14-8)13-4-2-1-3-5-13/h8,12H,1-7H2/p+2/t8-,9+/m1/s1. The average Bonchev–Trinajstić information content (AvgIpc) is 2.63. The normalized spacial score (nSPS) is 40.3. The molecule has 0 amide bonds. The maximum Gasteiger partial charge on any atom is 0.325 e. The van der Waals surface area contributed by atoms with E-state index in [0.717, 1.165) is 10.6 Å². The highest BCUT2D eigenvalue weighted by molar-refractivity contribution is 9.11. The number of alkyl halides is 2. The molecule has 14 heavy (non-hydrogen) atoms. The number of thioether (sulfide) groups is 1. The van der Waals surface area contributed by atoms with Gasteiger partial charge in [0, 0.05) is 5.33 Å². The lowest BCUT2D eigenvalue weighted by Crippen LogP contribution is -3.30. The van der Waals surface area contributed by atoms with Crippen LogP contribution in [0.1, 0.15) is 19.3 Å². The zero-order valence-electron chi connectivity index (χ0n) is 8.27. The number of quaternary nitrogens is 2. The number of hydrogen-bond donors (Lipinski definition) is 2. The SMILES string of the molecule is BrC[C@@H]1C[NH2+][C@@](Br)([NH+]2CCCCC2)S1. The van der Waals surface area contributed by atoms with Crippen molar-refractivity contribution in [2.24, 2.45) is 0 Å². The third-order valence-electron chi connectivity index (χ3n) is 3.09. The van der Waals surface area contributed by atoms with E-state index in [1.807, 2.05) is 0 Å². The highest BCUT2D eigenvalue weighted by Gasteiger charge is 2.50. The van der Waals surface area contributed by atoms with Gasteiger partial charge in [-0.25, -0.2) is 0 Å². The van der Waals surface area contributed by atoms with Crippen molar-refractivity contribution in [3.05, 3.63) is 0 Å². The van der Waals surface area contributed by atoms with E-state index in [4.69, 9.17) is 0 Å². The molecular formula is C9H18Br2N2S+2. The van der Waals surface area contributed by atoms with E-state index in [2.05, 4.69) is 48.9 Å². The highest BCUT2D eigenvalue weighted by Crippen LogP contribution is 2.29. The van der Waals surface area contributed by atoms with Gasteiger partial charge in [-0.2, -0.15) is 0 Å². The maximum absolute atomic E-state index is 3.94. The van der Waals surface area contributed by atoms with Crippen LogP contribution in [0.5, 0.6) is 0 Å². The van der Waals surface area contributed by atoms with Gasteiger partial charge in [0.2, 0.25) is 0 Å². The van der Waals surface area contributed by atoms with Gasteiger partial charge in [0.15, 0.2) is 0 Å². The molecule has 0 aromatic rings. The lowest BCUT2D eigenvalue weighted by Gasteiger charge is -2.32. The van der Waals surface area contributed by atoms with Gasteiger partial charge >= 0.3 is 3.90 Å². The van der Waals surface area contributed by atoms with E-state index < -0.39 is 0 Å². The summed E-state index contributed by atoms with van der Waals surface area (Å²) in [6, 6.07) is 0. The van der Waals surface area contributed by atoms with E-state index in [0.29, 0.717) is 0 Å². The van der Waals surface area contributed by atoms with Gasteiger partial charge in [-0.15, -0.1) is 0 Å². The van der Waals surface area contributed by atoms with Crippen LogP contribution in [0.4, 0.5) is 0 Å². The monoisotopic (exact) mass is 344 g/mol. The van der Waals surface area contributed by atoms with Gasteiger partial charge < -0.3 is 0 Å². The second kappa shape index (κ2) is 5.04. The van der Waals surface area contributed by atoms with E-state index in [-0.39, 0.29) is 3.90 Å². The Hall–Kier alpha value is 1.23. The summed E-state index contributed by atoms with van der Waals surface area (Å²) >= 11 is 9.62. The summed E-state index contributed by atoms with van der Waals surface area (Å²) in [5, 5.41) is 4.36. The second-order valence-electron chi connectivity index (χ2n) is 4.14. The molecular weight excluding hydrogens is 328 g/mol. The summed E-state index contributed by atoms with van der Waals surface area (Å²) < 4.78 is 0.228. The number of halogens is 2. The van der Waals surface area contributed by atoms with Crippen molar-refractivity contribution in [3.8, 4) is 0 Å². The predicted octanol–water partition coefficient (Wildman–Crippen LogP) is 0.135. The second-order valence-corrected chi connectivity index (χ2v) is 8.11. The fraction of sp³-hybridized carbons (Fsp3) is 1.00. The summed E-state index contributed by atoms with van der Waals surface area (Å²) in [7, 11) is 0. The molecule has 0 aliphatic carbocycles. The first-order valence-electron chi connectivity index (χ1n) is 5.37. The third-order valence-corrected chi connectivity index (χ3v) is 7.24. The van der Waals surface area contributed by atoms with Crippen molar-refractivity contribution in [2.75, 3.05) is 25.0 Å². The van der Waals surface area contributed by atoms with Gasteiger partial charge in [0.25, 0.3) is 0 Å². The molecule has 2 nitrogen and oxygen atoms in total. The molecule has 2 heterocycles. The van der Waals surface area contributed by atoms with Crippen molar-refractivity contribution >= 4 is 43.6 Å². The fourth-order valence-electron chi connectivity index (χ4n) is 2.26. The molecule has 0 aromatic carbocycles. The first-order valence-corrected chi connectivity index (χ1v) is 8.16. The molecule has 2 fully saturated rings. The van der Waals surface area contributed by atoms with Crippen molar-refractivity contribution in [1.29, 1.82) is 0 Å². The first kappa shape index (κ1) is 11.7. The minimum absolute atomic E-state index is 0.228. The molecule has 2 atom stereocenters. The van der Waals surface area contributed by atoms with Crippen molar-refractivity contribution in [1.82, 2.24) is 0 Å². The quantitative estimate of drug-likeness (QED) is 0.539. The number of nitrogens with two attached hydrogens (primary N) is 1. The molecule has 3 N–H and O–H groups in total. The molecule has 2 rings (SSSR count). The largest absolute Gasteiger partial charge is 0.325 e. The van der Waals surface area contributed by atoms with Crippen LogP contribution in [0.3, 0.4) is 0 Å².